The van der Waals surface area contributed by atoms with E-state index in [4.69, 9.17) is 4.55 Å². The second-order valence-corrected chi connectivity index (χ2v) is 8.88. The normalized spacial score (nSPS) is 16.2. The van der Waals surface area contributed by atoms with Crippen LogP contribution < -0.4 is 9.62 Å². The van der Waals surface area contributed by atoms with E-state index in [2.05, 4.69) is 14.6 Å². The molecule has 0 radical (unpaired) electrons. The number of nitrogens with zero attached hydrogens (tertiary/aromatic N) is 4. The first-order valence-electron chi connectivity index (χ1n) is 10.5. The van der Waals surface area contributed by atoms with Gasteiger partial charge in [0.25, 0.3) is 11.3 Å². The van der Waals surface area contributed by atoms with E-state index in [0.29, 0.717) is 54.0 Å². The number of pyridine rings is 1. The summed E-state index contributed by atoms with van der Waals surface area (Å²) in [5, 5.41) is 0.879. The Morgan fingerprint density at radius 2 is 1.91 bits per heavy atom. The molecule has 5 rings (SSSR count). The molecule has 2 N–H and O–H groups in total. The van der Waals surface area contributed by atoms with Crippen LogP contribution >= 0.6 is 0 Å². The Bertz CT molecular complexity index is 1350. The lowest BCUT2D eigenvalue weighted by atomic mass is 10.0. The van der Waals surface area contributed by atoms with Crippen LogP contribution in [0.25, 0.3) is 33.1 Å². The quantitative estimate of drug-likeness (QED) is 0.428. The van der Waals surface area contributed by atoms with E-state index in [-0.39, 0.29) is 23.1 Å². The van der Waals surface area contributed by atoms with E-state index in [1.54, 1.807) is 29.3 Å². The van der Waals surface area contributed by atoms with Crippen LogP contribution in [0.2, 0.25) is 0 Å². The molecule has 0 amide bonds. The third-order valence-corrected chi connectivity index (χ3v) is 6.53. The molecule has 0 bridgehead atoms. The van der Waals surface area contributed by atoms with Gasteiger partial charge < -0.3 is 14.4 Å². The van der Waals surface area contributed by atoms with E-state index < -0.39 is 29.6 Å². The summed E-state index contributed by atoms with van der Waals surface area (Å²) in [4.78, 5) is 8.36. The maximum atomic E-state index is 15.8. The summed E-state index contributed by atoms with van der Waals surface area (Å²) in [7, 11) is 1.96. The lowest BCUT2D eigenvalue weighted by molar-refractivity contribution is 0.310. The highest BCUT2D eigenvalue weighted by atomic mass is 32.2. The second kappa shape index (κ2) is 8.47. The number of piperazine rings is 1. The predicted molar refractivity (Wildman–Crippen MR) is 124 cm³/mol. The van der Waals surface area contributed by atoms with E-state index in [9.17, 15) is 8.60 Å². The SMILES string of the molecule is CN1CCN(c2c(F)cc3c4nc5ccc(NS(=O)O)cc5c-4cn(CCF)c3c2F)CC1. The molecule has 33 heavy (non-hydrogen) atoms. The van der Waals surface area contributed by atoms with Crippen LogP contribution in [0.1, 0.15) is 0 Å². The van der Waals surface area contributed by atoms with Crippen molar-refractivity contribution in [1.29, 1.82) is 0 Å². The van der Waals surface area contributed by atoms with Gasteiger partial charge in [0, 0.05) is 54.4 Å². The number of anilines is 2. The van der Waals surface area contributed by atoms with Gasteiger partial charge in [0.1, 0.15) is 18.2 Å². The van der Waals surface area contributed by atoms with Crippen molar-refractivity contribution in [3.8, 4) is 11.3 Å². The van der Waals surface area contributed by atoms with Gasteiger partial charge >= 0.3 is 0 Å². The van der Waals surface area contributed by atoms with Crippen LogP contribution in [-0.2, 0) is 17.8 Å². The minimum atomic E-state index is -2.26. The maximum absolute atomic E-state index is 15.8. The molecule has 1 saturated heterocycles. The Kier molecular flexibility index (Phi) is 5.63. The number of rotatable bonds is 5. The van der Waals surface area contributed by atoms with Crippen molar-refractivity contribution in [2.75, 3.05) is 49.5 Å². The predicted octanol–water partition coefficient (Wildman–Crippen LogP) is 3.84. The Morgan fingerprint density at radius 1 is 1.15 bits per heavy atom. The van der Waals surface area contributed by atoms with Crippen LogP contribution in [0.4, 0.5) is 24.5 Å². The highest BCUT2D eigenvalue weighted by Gasteiger charge is 2.27. The average molecular weight is 478 g/mol. The largest absolute Gasteiger partial charge is 0.364 e. The zero-order valence-corrected chi connectivity index (χ0v) is 18.6. The zero-order valence-electron chi connectivity index (χ0n) is 17.8. The molecule has 3 aliphatic rings. The van der Waals surface area contributed by atoms with Gasteiger partial charge in [0.2, 0.25) is 0 Å². The molecule has 0 spiro atoms. The standard InChI is InChI=1S/C22H22F3N5O2S/c1-28-6-8-29(9-7-28)22-17(24)11-15-20-16(12-30(5-4-23)21(15)19(22)25)14-10-13(27-33(31)32)2-3-18(14)26-20/h2-3,10-12,27H,4-9H2,1H3,(H,31,32). The molecular formula is C22H22F3N5O2S. The number of halogens is 3. The van der Waals surface area contributed by atoms with E-state index in [0.717, 1.165) is 0 Å². The van der Waals surface area contributed by atoms with Crippen molar-refractivity contribution in [1.82, 2.24) is 14.5 Å². The minimum Gasteiger partial charge on any atom is -0.364 e. The van der Waals surface area contributed by atoms with Crippen LogP contribution in [-0.4, -0.2) is 63.1 Å². The van der Waals surface area contributed by atoms with E-state index in [1.807, 2.05) is 7.05 Å². The lowest BCUT2D eigenvalue weighted by Crippen LogP contribution is -2.45. The molecule has 7 nitrogen and oxygen atoms in total. The molecule has 2 aromatic rings. The monoisotopic (exact) mass is 477 g/mol. The fourth-order valence-corrected chi connectivity index (χ4v) is 4.85. The van der Waals surface area contributed by atoms with Crippen molar-refractivity contribution in [2.45, 2.75) is 6.54 Å². The Hall–Kier alpha value is -2.89. The molecule has 174 valence electrons. The van der Waals surface area contributed by atoms with Crippen LogP contribution in [0, 0.1) is 11.6 Å². The van der Waals surface area contributed by atoms with Gasteiger partial charge in [-0.15, -0.1) is 0 Å². The van der Waals surface area contributed by atoms with Gasteiger partial charge in [-0.2, -0.15) is 0 Å². The number of aromatic nitrogens is 2. The van der Waals surface area contributed by atoms with Gasteiger partial charge in [-0.25, -0.2) is 22.4 Å². The fourth-order valence-electron chi connectivity index (χ4n) is 4.53. The first kappa shape index (κ1) is 21.9. The summed E-state index contributed by atoms with van der Waals surface area (Å²) in [6.45, 7) is 1.51. The van der Waals surface area contributed by atoms with Crippen molar-refractivity contribution in [3.05, 3.63) is 42.1 Å². The number of benzene rings is 2. The average Bonchev–Trinajstić information content (AvgIpc) is 3.13. The topological polar surface area (TPSA) is 73.6 Å². The zero-order chi connectivity index (χ0) is 23.3. The van der Waals surface area contributed by atoms with Crippen LogP contribution in [0.5, 0.6) is 0 Å². The minimum absolute atomic E-state index is 0.101. The third kappa shape index (κ3) is 3.79. The summed E-state index contributed by atoms with van der Waals surface area (Å²) in [5.41, 5.74) is 1.91. The molecule has 0 saturated carbocycles. The summed E-state index contributed by atoms with van der Waals surface area (Å²) in [5.74, 6) is -1.41. The van der Waals surface area contributed by atoms with Crippen LogP contribution in [0.15, 0.2) is 30.5 Å². The first-order valence-corrected chi connectivity index (χ1v) is 11.6. The van der Waals surface area contributed by atoms with Gasteiger partial charge in [0.05, 0.1) is 23.3 Å². The highest BCUT2D eigenvalue weighted by molar-refractivity contribution is 7.80. The molecule has 11 heteroatoms. The summed E-state index contributed by atoms with van der Waals surface area (Å²) in [6, 6.07) is 6.15. The Morgan fingerprint density at radius 3 is 2.61 bits per heavy atom. The molecular weight excluding hydrogens is 455 g/mol. The molecule has 2 aromatic carbocycles. The van der Waals surface area contributed by atoms with Gasteiger partial charge in [-0.05, 0) is 31.3 Å². The van der Waals surface area contributed by atoms with Crippen LogP contribution in [0.3, 0.4) is 0 Å². The Balaban J connectivity index is 1.76. The summed E-state index contributed by atoms with van der Waals surface area (Å²) in [6.07, 6.45) is 1.61. The number of hydrogen-bond acceptors (Lipinski definition) is 4. The number of aryl methyl sites for hydroxylation is 1. The summed E-state index contributed by atoms with van der Waals surface area (Å²) < 4.78 is 68.7. The number of alkyl halides is 1. The third-order valence-electron chi connectivity index (χ3n) is 6.12. The van der Waals surface area contributed by atoms with Gasteiger partial charge in [0.15, 0.2) is 5.82 Å². The Labute approximate surface area is 190 Å². The fraction of sp³-hybridized carbons (Fsp3) is 0.318. The van der Waals surface area contributed by atoms with Crippen molar-refractivity contribution in [2.24, 2.45) is 0 Å². The maximum Gasteiger partial charge on any atom is 0.259 e. The molecule has 0 aliphatic carbocycles. The van der Waals surface area contributed by atoms with E-state index >= 15 is 8.78 Å². The van der Waals surface area contributed by atoms with Crippen molar-refractivity contribution >= 4 is 44.4 Å². The number of likely N-dealkylation sites (N-methyl/N-ethyl adjacent to an activating group) is 1. The number of nitrogens with one attached hydrogen (secondary N) is 1. The van der Waals surface area contributed by atoms with Gasteiger partial charge in [-0.3, -0.25) is 9.27 Å². The van der Waals surface area contributed by atoms with Crippen molar-refractivity contribution < 1.29 is 21.9 Å². The molecule has 1 fully saturated rings. The molecule has 3 heterocycles. The second-order valence-electron chi connectivity index (χ2n) is 8.18. The molecule has 0 aromatic heterocycles. The lowest BCUT2D eigenvalue weighted by Gasteiger charge is -2.34. The number of hydrogen-bond donors (Lipinski definition) is 2. The highest BCUT2D eigenvalue weighted by Crippen LogP contribution is 2.41. The molecule has 3 aliphatic heterocycles. The molecule has 1 atom stereocenters. The molecule has 1 unspecified atom stereocenters. The number of fused-ring (bicyclic) bond motifs is 5. The summed E-state index contributed by atoms with van der Waals surface area (Å²) >= 11 is -2.26. The van der Waals surface area contributed by atoms with E-state index in [1.165, 1.54) is 10.6 Å². The first-order chi connectivity index (χ1) is 15.9. The smallest absolute Gasteiger partial charge is 0.259 e. The van der Waals surface area contributed by atoms with Crippen molar-refractivity contribution in [3.63, 3.8) is 0 Å². The van der Waals surface area contributed by atoms with Gasteiger partial charge in [-0.1, -0.05) is 0 Å².